The van der Waals surface area contributed by atoms with Crippen molar-refractivity contribution in [1.29, 1.82) is 0 Å². The summed E-state index contributed by atoms with van der Waals surface area (Å²) in [6, 6.07) is 3.42. The molecule has 134 valence electrons. The van der Waals surface area contributed by atoms with Crippen LogP contribution in [-0.4, -0.2) is 47.5 Å². The molecule has 1 aliphatic heterocycles. The van der Waals surface area contributed by atoms with Crippen LogP contribution >= 0.6 is 24.8 Å². The smallest absolute Gasteiger partial charge is 0.389 e. The summed E-state index contributed by atoms with van der Waals surface area (Å²) in [7, 11) is 0. The van der Waals surface area contributed by atoms with Crippen molar-refractivity contribution < 1.29 is 23.4 Å². The van der Waals surface area contributed by atoms with E-state index in [1.54, 1.807) is 0 Å². The van der Waals surface area contributed by atoms with E-state index >= 15 is 0 Å². The van der Waals surface area contributed by atoms with E-state index in [-0.39, 0.29) is 42.7 Å². The third kappa shape index (κ3) is 6.63. The highest BCUT2D eigenvalue weighted by atomic mass is 35.5. The molecule has 9 heteroatoms. The van der Waals surface area contributed by atoms with Crippen molar-refractivity contribution in [2.24, 2.45) is 0 Å². The van der Waals surface area contributed by atoms with Crippen LogP contribution in [0.2, 0.25) is 0 Å². The maximum Gasteiger partial charge on any atom is 0.389 e. The second-order valence-corrected chi connectivity index (χ2v) is 5.20. The van der Waals surface area contributed by atoms with Crippen LogP contribution in [0.15, 0.2) is 18.2 Å². The number of piperazine rings is 1. The predicted octanol–water partition coefficient (Wildman–Crippen LogP) is 3.23. The van der Waals surface area contributed by atoms with Crippen molar-refractivity contribution in [3.05, 3.63) is 23.8 Å². The van der Waals surface area contributed by atoms with Crippen LogP contribution in [0.4, 0.5) is 13.2 Å². The lowest BCUT2D eigenvalue weighted by Crippen LogP contribution is -2.45. The number of phenolic OH excluding ortho intramolecular Hbond substituents is 2. The molecular formula is C14H21Cl2F3N2O2. The number of aromatic hydroxyl groups is 2. The van der Waals surface area contributed by atoms with Gasteiger partial charge in [0.2, 0.25) is 0 Å². The van der Waals surface area contributed by atoms with Crippen LogP contribution in [0.1, 0.15) is 24.4 Å². The van der Waals surface area contributed by atoms with Gasteiger partial charge in [0, 0.05) is 44.2 Å². The molecule has 1 heterocycles. The molecule has 0 aromatic heterocycles. The first kappa shape index (κ1) is 22.1. The van der Waals surface area contributed by atoms with Crippen molar-refractivity contribution >= 4 is 24.8 Å². The van der Waals surface area contributed by atoms with E-state index < -0.39 is 18.6 Å². The van der Waals surface area contributed by atoms with Crippen molar-refractivity contribution in [1.82, 2.24) is 10.2 Å². The van der Waals surface area contributed by atoms with Gasteiger partial charge in [0.05, 0.1) is 0 Å². The summed E-state index contributed by atoms with van der Waals surface area (Å²) in [6.45, 7) is 2.61. The van der Waals surface area contributed by atoms with Gasteiger partial charge in [-0.15, -0.1) is 24.8 Å². The minimum absolute atomic E-state index is 0. The SMILES string of the molecule is Cl.Cl.Oc1ccc(O)c([C@H](CCC(F)(F)F)N2CCNCC2)c1. The highest BCUT2D eigenvalue weighted by Crippen LogP contribution is 2.37. The Morgan fingerprint density at radius 2 is 1.74 bits per heavy atom. The molecule has 1 aromatic rings. The first-order valence-electron chi connectivity index (χ1n) is 6.90. The average Bonchev–Trinajstić information content (AvgIpc) is 2.43. The van der Waals surface area contributed by atoms with Gasteiger partial charge >= 0.3 is 6.18 Å². The third-order valence-electron chi connectivity index (χ3n) is 3.66. The molecule has 2 rings (SSSR count). The Hall–Kier alpha value is -0.890. The molecule has 0 radical (unpaired) electrons. The van der Waals surface area contributed by atoms with Crippen LogP contribution in [0.5, 0.6) is 11.5 Å². The number of benzene rings is 1. The van der Waals surface area contributed by atoms with E-state index in [9.17, 15) is 23.4 Å². The number of halogens is 5. The summed E-state index contributed by atoms with van der Waals surface area (Å²) < 4.78 is 37.6. The first-order valence-corrected chi connectivity index (χ1v) is 6.90. The largest absolute Gasteiger partial charge is 0.508 e. The number of rotatable bonds is 4. The van der Waals surface area contributed by atoms with Crippen molar-refractivity contribution in [3.8, 4) is 11.5 Å². The monoisotopic (exact) mass is 376 g/mol. The number of hydrogen-bond acceptors (Lipinski definition) is 4. The third-order valence-corrected chi connectivity index (χ3v) is 3.66. The summed E-state index contributed by atoms with van der Waals surface area (Å²) in [5, 5.41) is 22.6. The van der Waals surface area contributed by atoms with Crippen molar-refractivity contribution in [2.75, 3.05) is 26.2 Å². The topological polar surface area (TPSA) is 55.7 Å². The Morgan fingerprint density at radius 3 is 2.30 bits per heavy atom. The Balaban J connectivity index is 0.00000242. The predicted molar refractivity (Wildman–Crippen MR) is 86.7 cm³/mol. The average molecular weight is 377 g/mol. The Labute approximate surface area is 145 Å². The van der Waals surface area contributed by atoms with Crippen LogP contribution in [0.3, 0.4) is 0 Å². The van der Waals surface area contributed by atoms with E-state index in [1.165, 1.54) is 18.2 Å². The molecule has 1 aromatic carbocycles. The molecule has 4 nitrogen and oxygen atoms in total. The fourth-order valence-electron chi connectivity index (χ4n) is 2.64. The summed E-state index contributed by atoms with van der Waals surface area (Å²) in [5.74, 6) is -0.145. The molecule has 23 heavy (non-hydrogen) atoms. The highest BCUT2D eigenvalue weighted by molar-refractivity contribution is 5.85. The molecule has 3 N–H and O–H groups in total. The van der Waals surface area contributed by atoms with Gasteiger partial charge in [0.25, 0.3) is 0 Å². The molecule has 0 amide bonds. The van der Waals surface area contributed by atoms with Gasteiger partial charge in [0.1, 0.15) is 11.5 Å². The van der Waals surface area contributed by atoms with Gasteiger partial charge in [-0.3, -0.25) is 4.90 Å². The van der Waals surface area contributed by atoms with Crippen LogP contribution < -0.4 is 5.32 Å². The number of hydrogen-bond donors (Lipinski definition) is 3. The molecular weight excluding hydrogens is 356 g/mol. The lowest BCUT2D eigenvalue weighted by molar-refractivity contribution is -0.138. The molecule has 0 saturated carbocycles. The van der Waals surface area contributed by atoms with Crippen LogP contribution in [0, 0.1) is 0 Å². The zero-order valence-electron chi connectivity index (χ0n) is 12.3. The lowest BCUT2D eigenvalue weighted by atomic mass is 9.98. The van der Waals surface area contributed by atoms with E-state index in [0.29, 0.717) is 31.7 Å². The molecule has 0 aliphatic carbocycles. The van der Waals surface area contributed by atoms with Gasteiger partial charge in [-0.1, -0.05) is 0 Å². The summed E-state index contributed by atoms with van der Waals surface area (Å²) in [4.78, 5) is 1.91. The maximum absolute atomic E-state index is 12.5. The summed E-state index contributed by atoms with van der Waals surface area (Å²) in [5.41, 5.74) is 0.348. The van der Waals surface area contributed by atoms with E-state index in [1.807, 2.05) is 4.90 Å². The second-order valence-electron chi connectivity index (χ2n) is 5.20. The number of alkyl halides is 3. The summed E-state index contributed by atoms with van der Waals surface area (Å²) >= 11 is 0. The standard InChI is InChI=1S/C14H19F3N2O2.2ClH/c15-14(16,17)4-3-12(19-7-5-18-6-8-19)11-9-10(20)1-2-13(11)21;;/h1-2,9,12,18,20-21H,3-8H2;2*1H/t12-;;/m0../s1. The maximum atomic E-state index is 12.5. The zero-order chi connectivity index (χ0) is 15.5. The first-order chi connectivity index (χ1) is 9.87. The zero-order valence-corrected chi connectivity index (χ0v) is 14.0. The number of phenols is 2. The van der Waals surface area contributed by atoms with E-state index in [4.69, 9.17) is 0 Å². The van der Waals surface area contributed by atoms with Crippen molar-refractivity contribution in [3.63, 3.8) is 0 Å². The Bertz CT molecular complexity index is 484. The van der Waals surface area contributed by atoms with E-state index in [2.05, 4.69) is 5.32 Å². The fourth-order valence-corrected chi connectivity index (χ4v) is 2.64. The van der Waals surface area contributed by atoms with E-state index in [0.717, 1.165) is 0 Å². The van der Waals surface area contributed by atoms with Crippen LogP contribution in [0.25, 0.3) is 0 Å². The van der Waals surface area contributed by atoms with Gasteiger partial charge in [-0.25, -0.2) is 0 Å². The fraction of sp³-hybridized carbons (Fsp3) is 0.571. The molecule has 1 aliphatic rings. The summed E-state index contributed by atoms with van der Waals surface area (Å²) in [6.07, 6.45) is -5.30. The quantitative estimate of drug-likeness (QED) is 0.706. The molecule has 0 unspecified atom stereocenters. The van der Waals surface area contributed by atoms with Gasteiger partial charge in [-0.05, 0) is 24.6 Å². The minimum Gasteiger partial charge on any atom is -0.508 e. The Kier molecular flexibility index (Phi) is 9.05. The molecule has 1 saturated heterocycles. The molecule has 0 spiro atoms. The molecule has 1 fully saturated rings. The van der Waals surface area contributed by atoms with Crippen LogP contribution in [-0.2, 0) is 0 Å². The Morgan fingerprint density at radius 1 is 1.13 bits per heavy atom. The van der Waals surface area contributed by atoms with Gasteiger partial charge in [-0.2, -0.15) is 13.2 Å². The van der Waals surface area contributed by atoms with Gasteiger partial charge < -0.3 is 15.5 Å². The highest BCUT2D eigenvalue weighted by Gasteiger charge is 2.32. The number of nitrogens with zero attached hydrogens (tertiary/aromatic N) is 1. The minimum atomic E-state index is -4.24. The normalized spacial score (nSPS) is 17.0. The lowest BCUT2D eigenvalue weighted by Gasteiger charge is -2.35. The molecule has 0 bridgehead atoms. The number of nitrogens with one attached hydrogen (secondary N) is 1. The van der Waals surface area contributed by atoms with Crippen molar-refractivity contribution in [2.45, 2.75) is 25.1 Å². The second kappa shape index (κ2) is 9.42. The van der Waals surface area contributed by atoms with Gasteiger partial charge in [0.15, 0.2) is 0 Å². The molecule has 1 atom stereocenters.